The Balaban J connectivity index is 2.76. The Kier molecular flexibility index (Phi) is 12.1. The highest BCUT2D eigenvalue weighted by Crippen LogP contribution is 2.15. The number of ether oxygens (including phenoxy) is 3. The Bertz CT molecular complexity index is 762. The molecule has 0 spiro atoms. The van der Waals surface area contributed by atoms with E-state index in [-0.39, 0.29) is 18.5 Å². The third kappa shape index (κ3) is 10.7. The normalized spacial score (nSPS) is 19.4. The van der Waals surface area contributed by atoms with Crippen LogP contribution in [0.1, 0.15) is 47.5 Å². The van der Waals surface area contributed by atoms with E-state index in [1.165, 1.54) is 11.8 Å². The van der Waals surface area contributed by atoms with Crippen LogP contribution in [0.2, 0.25) is 0 Å². The van der Waals surface area contributed by atoms with E-state index in [1.54, 1.807) is 13.8 Å². The van der Waals surface area contributed by atoms with Gasteiger partial charge in [-0.25, -0.2) is 9.59 Å². The van der Waals surface area contributed by atoms with Crippen molar-refractivity contribution < 1.29 is 38.5 Å². The molecule has 1 heterocycles. The molecule has 200 valence electrons. The number of nitrogens with zero attached hydrogens (tertiary/aromatic N) is 1. The Morgan fingerprint density at radius 2 is 1.71 bits per heavy atom. The van der Waals surface area contributed by atoms with E-state index in [0.29, 0.717) is 19.4 Å². The third-order valence-electron chi connectivity index (χ3n) is 4.84. The number of hydrogen-bond acceptors (Lipinski definition) is 9. The molecule has 1 fully saturated rings. The smallest absolute Gasteiger partial charge is 0.449 e. The van der Waals surface area contributed by atoms with E-state index >= 15 is 0 Å². The molecule has 3 amide bonds. The minimum Gasteiger partial charge on any atom is -0.449 e. The molecule has 0 bridgehead atoms. The summed E-state index contributed by atoms with van der Waals surface area (Å²) in [5.74, 6) is -1.66. The molecule has 14 heteroatoms. The minimum absolute atomic E-state index is 0.0584. The van der Waals surface area contributed by atoms with Gasteiger partial charge < -0.3 is 45.9 Å². The summed E-state index contributed by atoms with van der Waals surface area (Å²) < 4.78 is 14.8. The number of likely N-dealkylation sites (tertiary alicyclic amines) is 1. The molecule has 7 N–H and O–H groups in total. The lowest BCUT2D eigenvalue weighted by atomic mass is 10.0. The molecule has 0 radical (unpaired) electrons. The van der Waals surface area contributed by atoms with Crippen LogP contribution in [0.15, 0.2) is 0 Å². The molecule has 0 aliphatic carbocycles. The van der Waals surface area contributed by atoms with E-state index in [4.69, 9.17) is 25.4 Å². The van der Waals surface area contributed by atoms with E-state index in [1.807, 2.05) is 13.8 Å². The topological polar surface area (TPSA) is 205 Å². The summed E-state index contributed by atoms with van der Waals surface area (Å²) in [4.78, 5) is 50.4. The van der Waals surface area contributed by atoms with Crippen molar-refractivity contribution >= 4 is 30.0 Å². The summed E-state index contributed by atoms with van der Waals surface area (Å²) >= 11 is 0. The fourth-order valence-electron chi connectivity index (χ4n) is 3.06. The van der Waals surface area contributed by atoms with Crippen LogP contribution in [-0.2, 0) is 23.8 Å². The minimum atomic E-state index is -1.36. The monoisotopic (exact) mass is 502 g/mol. The van der Waals surface area contributed by atoms with Gasteiger partial charge in [0.25, 0.3) is 0 Å². The maximum absolute atomic E-state index is 12.8. The van der Waals surface area contributed by atoms with Gasteiger partial charge in [0, 0.05) is 6.54 Å². The largest absolute Gasteiger partial charge is 0.508 e. The average Bonchev–Trinajstić information content (AvgIpc) is 2.75. The first-order valence-corrected chi connectivity index (χ1v) is 11.5. The Hall–Kier alpha value is -3.29. The molecular weight excluding hydrogens is 464 g/mol. The van der Waals surface area contributed by atoms with Crippen LogP contribution >= 0.6 is 0 Å². The van der Waals surface area contributed by atoms with Crippen molar-refractivity contribution in [3.8, 4) is 0 Å². The first-order valence-electron chi connectivity index (χ1n) is 11.5. The van der Waals surface area contributed by atoms with Gasteiger partial charge in [0.1, 0.15) is 24.9 Å². The lowest BCUT2D eigenvalue weighted by Crippen LogP contribution is -2.61. The molecule has 1 saturated heterocycles. The number of aliphatic hydroxyl groups is 1. The number of guanidine groups is 1. The lowest BCUT2D eigenvalue weighted by Gasteiger charge is -2.38. The second-order valence-electron chi connectivity index (χ2n) is 8.90. The number of carbonyl (C=O) groups is 4. The maximum Gasteiger partial charge on any atom is 0.508 e. The Morgan fingerprint density at radius 3 is 2.29 bits per heavy atom. The molecular formula is C21H38N6O8. The molecule has 1 aliphatic rings. The van der Waals surface area contributed by atoms with E-state index in [0.717, 1.165) is 0 Å². The van der Waals surface area contributed by atoms with Gasteiger partial charge in [0.05, 0.1) is 18.8 Å². The number of aliphatic hydroxyl groups excluding tert-OH is 1. The van der Waals surface area contributed by atoms with Gasteiger partial charge >= 0.3 is 12.2 Å². The van der Waals surface area contributed by atoms with Crippen molar-refractivity contribution in [1.82, 2.24) is 20.9 Å². The van der Waals surface area contributed by atoms with Crippen molar-refractivity contribution in [1.29, 1.82) is 5.41 Å². The predicted octanol–water partition coefficient (Wildman–Crippen LogP) is -0.404. The van der Waals surface area contributed by atoms with Crippen LogP contribution in [-0.4, -0.2) is 90.2 Å². The molecule has 4 unspecified atom stereocenters. The quantitative estimate of drug-likeness (QED) is 0.129. The molecule has 0 aromatic heterocycles. The Labute approximate surface area is 204 Å². The first kappa shape index (κ1) is 29.7. The molecule has 0 aromatic carbocycles. The fraction of sp³-hybridized carbons (Fsp3) is 0.762. The summed E-state index contributed by atoms with van der Waals surface area (Å²) in [6.45, 7) is 8.25. The van der Waals surface area contributed by atoms with E-state index in [2.05, 4.69) is 16.0 Å². The number of hydrogen-bond donors (Lipinski definition) is 6. The maximum atomic E-state index is 12.8. The zero-order valence-electron chi connectivity index (χ0n) is 20.8. The summed E-state index contributed by atoms with van der Waals surface area (Å²) in [5, 5.41) is 25.2. The SMILES string of the molecule is CC(C)COC(=O)NC(COC(=O)OC(C)C)C(=O)NC(C)C(=O)NC1CCCN(C(=N)N)C1O. The molecule has 14 nitrogen and oxygen atoms in total. The molecule has 0 saturated carbocycles. The summed E-state index contributed by atoms with van der Waals surface area (Å²) in [7, 11) is 0. The standard InChI is InChI=1S/C21H38N6O8/c1-11(2)9-33-20(31)26-15(10-34-21(32)35-12(3)4)17(29)24-13(5)16(28)25-14-7-6-8-27(18(14)30)19(22)23/h11-15,18,30H,6-10H2,1-5H3,(H3,22,23)(H,24,29)(H,25,28)(H,26,31). The average molecular weight is 503 g/mol. The first-order chi connectivity index (χ1) is 16.3. The highest BCUT2D eigenvalue weighted by molar-refractivity contribution is 5.91. The number of nitrogens with two attached hydrogens (primary N) is 1. The van der Waals surface area contributed by atoms with Gasteiger partial charge in [0.15, 0.2) is 5.96 Å². The molecule has 0 aromatic rings. The number of amides is 3. The second-order valence-corrected chi connectivity index (χ2v) is 8.90. The highest BCUT2D eigenvalue weighted by atomic mass is 16.7. The summed E-state index contributed by atoms with van der Waals surface area (Å²) in [6.07, 6.45) is -2.50. The molecule has 4 atom stereocenters. The second kappa shape index (κ2) is 14.2. The zero-order chi connectivity index (χ0) is 26.7. The molecule has 1 aliphatic heterocycles. The zero-order valence-corrected chi connectivity index (χ0v) is 20.8. The van der Waals surface area contributed by atoms with E-state index in [9.17, 15) is 24.3 Å². The summed E-state index contributed by atoms with van der Waals surface area (Å²) in [6, 6.07) is -3.13. The van der Waals surface area contributed by atoms with Crippen LogP contribution in [0.25, 0.3) is 0 Å². The lowest BCUT2D eigenvalue weighted by molar-refractivity contribution is -0.131. The number of carbonyl (C=O) groups excluding carboxylic acids is 4. The van der Waals surface area contributed by atoms with Crippen molar-refractivity contribution in [3.05, 3.63) is 0 Å². The fourth-order valence-corrected chi connectivity index (χ4v) is 3.06. The Morgan fingerprint density at radius 1 is 1.06 bits per heavy atom. The van der Waals surface area contributed by atoms with Gasteiger partial charge in [-0.2, -0.15) is 0 Å². The van der Waals surface area contributed by atoms with Crippen LogP contribution in [0.4, 0.5) is 9.59 Å². The van der Waals surface area contributed by atoms with Gasteiger partial charge in [-0.15, -0.1) is 0 Å². The van der Waals surface area contributed by atoms with Gasteiger partial charge in [-0.05, 0) is 39.5 Å². The highest BCUT2D eigenvalue weighted by Gasteiger charge is 2.33. The van der Waals surface area contributed by atoms with Gasteiger partial charge in [-0.1, -0.05) is 13.8 Å². The van der Waals surface area contributed by atoms with Crippen LogP contribution in [0, 0.1) is 11.3 Å². The molecule has 35 heavy (non-hydrogen) atoms. The predicted molar refractivity (Wildman–Crippen MR) is 124 cm³/mol. The van der Waals surface area contributed by atoms with Crippen LogP contribution < -0.4 is 21.7 Å². The third-order valence-corrected chi connectivity index (χ3v) is 4.84. The number of rotatable bonds is 10. The van der Waals surface area contributed by atoms with Crippen LogP contribution in [0.3, 0.4) is 0 Å². The van der Waals surface area contributed by atoms with Crippen molar-refractivity contribution in [2.45, 2.75) is 77.9 Å². The van der Waals surface area contributed by atoms with Crippen LogP contribution in [0.5, 0.6) is 0 Å². The summed E-state index contributed by atoms with van der Waals surface area (Å²) in [5.41, 5.74) is 5.45. The van der Waals surface area contributed by atoms with Crippen molar-refractivity contribution in [2.75, 3.05) is 19.8 Å². The number of piperidine rings is 1. The number of nitrogens with one attached hydrogen (secondary N) is 4. The van der Waals surface area contributed by atoms with Crippen molar-refractivity contribution in [2.24, 2.45) is 11.7 Å². The van der Waals surface area contributed by atoms with Gasteiger partial charge in [0.2, 0.25) is 11.8 Å². The van der Waals surface area contributed by atoms with Crippen molar-refractivity contribution in [3.63, 3.8) is 0 Å². The van der Waals surface area contributed by atoms with Gasteiger partial charge in [-0.3, -0.25) is 15.0 Å². The molecule has 1 rings (SSSR count). The van der Waals surface area contributed by atoms with E-state index < -0.39 is 61.1 Å². The number of alkyl carbamates (subject to hydrolysis) is 1.